The normalized spacial score (nSPS) is 14.7. The van der Waals surface area contributed by atoms with Gasteiger partial charge in [0.25, 0.3) is 11.8 Å². The fourth-order valence-electron chi connectivity index (χ4n) is 7.32. The van der Waals surface area contributed by atoms with Crippen molar-refractivity contribution in [2.24, 2.45) is 0 Å². The second kappa shape index (κ2) is 15.7. The van der Waals surface area contributed by atoms with Crippen LogP contribution in [-0.2, 0) is 15.0 Å². The lowest BCUT2D eigenvalue weighted by atomic mass is 9.65. The van der Waals surface area contributed by atoms with E-state index in [9.17, 15) is 19.2 Å². The monoisotopic (exact) mass is 737 g/mol. The number of hydrogen-bond acceptors (Lipinski definition) is 9. The summed E-state index contributed by atoms with van der Waals surface area (Å²) < 4.78 is 27.3. The lowest BCUT2D eigenvalue weighted by molar-refractivity contribution is -0.120. The van der Waals surface area contributed by atoms with E-state index in [1.54, 1.807) is 37.4 Å². The molecule has 0 N–H and O–H groups in total. The molecule has 0 unspecified atom stereocenters. The van der Waals surface area contributed by atoms with E-state index < -0.39 is 24.1 Å². The van der Waals surface area contributed by atoms with Gasteiger partial charge in [-0.05, 0) is 133 Å². The third kappa shape index (κ3) is 7.99. The van der Waals surface area contributed by atoms with Gasteiger partial charge in [-0.25, -0.2) is 14.5 Å². The molecule has 5 aromatic carbocycles. The fraction of sp³-hybridized carbons (Fsp3) is 0.200. The number of rotatable bonds is 9. The van der Waals surface area contributed by atoms with Crippen LogP contribution in [0.2, 0.25) is 0 Å². The average Bonchev–Trinajstić information content (AvgIpc) is 3.53. The molecule has 1 heterocycles. The van der Waals surface area contributed by atoms with Crippen molar-refractivity contribution in [2.45, 2.75) is 51.4 Å². The van der Waals surface area contributed by atoms with Crippen LogP contribution in [0.25, 0.3) is 11.1 Å². The van der Waals surface area contributed by atoms with Crippen molar-refractivity contribution in [2.75, 3.05) is 12.0 Å². The molecule has 0 radical (unpaired) electrons. The van der Waals surface area contributed by atoms with E-state index in [0.29, 0.717) is 22.9 Å². The van der Waals surface area contributed by atoms with E-state index >= 15 is 0 Å². The molecule has 0 spiro atoms. The second-order valence-corrected chi connectivity index (χ2v) is 13.6. The van der Waals surface area contributed by atoms with Crippen LogP contribution in [0.3, 0.4) is 0 Å². The summed E-state index contributed by atoms with van der Waals surface area (Å²) in [5.74, 6) is 1.26. The molecule has 1 aliphatic carbocycles. The molecular weight excluding hydrogens is 698 g/mol. The van der Waals surface area contributed by atoms with Crippen molar-refractivity contribution in [1.29, 1.82) is 0 Å². The molecule has 1 aliphatic heterocycles. The number of carbonyl (C=O) groups excluding carboxylic acids is 4. The third-order valence-electron chi connectivity index (χ3n) is 10.1. The third-order valence-corrected chi connectivity index (χ3v) is 10.1. The van der Waals surface area contributed by atoms with E-state index in [0.717, 1.165) is 76.1 Å². The Kier molecular flexibility index (Phi) is 10.5. The van der Waals surface area contributed by atoms with Gasteiger partial charge in [0.2, 0.25) is 0 Å². The minimum Gasteiger partial charge on any atom is -0.496 e. The van der Waals surface area contributed by atoms with Crippen LogP contribution in [0.15, 0.2) is 121 Å². The molecule has 1 saturated carbocycles. The number of ether oxygens (including phenoxy) is 5. The number of aryl methyl sites for hydroxylation is 2. The SMILES string of the molecule is COc1ccc(-c2ccc(OC(=O)Oc3ccc(C4(c5ccc(OC(=O)Oc6ccc(N7C(=O)C=CC7=O)cc6)cc5)CCCCC4)cc3)c(C)c2)cc1C. The summed E-state index contributed by atoms with van der Waals surface area (Å²) >= 11 is 0. The maximum absolute atomic E-state index is 12.8. The summed E-state index contributed by atoms with van der Waals surface area (Å²) in [6, 6.07) is 32.6. The van der Waals surface area contributed by atoms with Crippen LogP contribution in [-0.4, -0.2) is 31.2 Å². The Bertz CT molecular complexity index is 2250. The van der Waals surface area contributed by atoms with Crippen LogP contribution in [0.4, 0.5) is 15.3 Å². The largest absolute Gasteiger partial charge is 0.519 e. The van der Waals surface area contributed by atoms with Gasteiger partial charge in [0.1, 0.15) is 28.7 Å². The van der Waals surface area contributed by atoms with Crippen molar-refractivity contribution in [3.63, 3.8) is 0 Å². The van der Waals surface area contributed by atoms with E-state index in [-0.39, 0.29) is 11.2 Å². The number of hydrogen-bond donors (Lipinski definition) is 0. The van der Waals surface area contributed by atoms with Crippen molar-refractivity contribution >= 4 is 29.8 Å². The van der Waals surface area contributed by atoms with Crippen LogP contribution in [0, 0.1) is 13.8 Å². The molecule has 2 aliphatic rings. The number of amides is 2. The quantitative estimate of drug-likeness (QED) is 0.0828. The topological polar surface area (TPSA) is 118 Å². The Labute approximate surface area is 318 Å². The minimum absolute atomic E-state index is 0.198. The predicted octanol–water partition coefficient (Wildman–Crippen LogP) is 9.81. The molecule has 0 aromatic heterocycles. The van der Waals surface area contributed by atoms with Gasteiger partial charge < -0.3 is 23.7 Å². The molecule has 5 aromatic rings. The number of benzene rings is 5. The highest BCUT2D eigenvalue weighted by Gasteiger charge is 2.36. The van der Waals surface area contributed by atoms with Crippen molar-refractivity contribution < 1.29 is 42.9 Å². The maximum atomic E-state index is 12.8. The van der Waals surface area contributed by atoms with Crippen LogP contribution >= 0.6 is 0 Å². The van der Waals surface area contributed by atoms with E-state index in [2.05, 4.69) is 6.07 Å². The first kappa shape index (κ1) is 36.7. The first-order chi connectivity index (χ1) is 26.6. The molecule has 0 saturated heterocycles. The predicted molar refractivity (Wildman–Crippen MR) is 206 cm³/mol. The summed E-state index contributed by atoms with van der Waals surface area (Å²) in [7, 11) is 1.65. The first-order valence-electron chi connectivity index (χ1n) is 18.0. The number of anilines is 1. The zero-order chi connectivity index (χ0) is 38.5. The van der Waals surface area contributed by atoms with Gasteiger partial charge in [-0.1, -0.05) is 55.7 Å². The molecule has 0 atom stereocenters. The van der Waals surface area contributed by atoms with Crippen LogP contribution in [0.1, 0.15) is 54.4 Å². The molecule has 2 amide bonds. The Balaban J connectivity index is 0.974. The molecule has 0 bridgehead atoms. The highest BCUT2D eigenvalue weighted by molar-refractivity contribution is 6.28. The zero-order valence-electron chi connectivity index (χ0n) is 30.7. The smallest absolute Gasteiger partial charge is 0.496 e. The van der Waals surface area contributed by atoms with E-state index in [1.807, 2.05) is 62.4 Å². The molecule has 10 nitrogen and oxygen atoms in total. The maximum Gasteiger partial charge on any atom is 0.519 e. The molecule has 1 fully saturated rings. The number of methoxy groups -OCH3 is 1. The Morgan fingerprint density at radius 3 is 1.44 bits per heavy atom. The van der Waals surface area contributed by atoms with Gasteiger partial charge >= 0.3 is 12.3 Å². The summed E-state index contributed by atoms with van der Waals surface area (Å²) in [6.07, 6.45) is 5.78. The molecule has 278 valence electrons. The Hall–Kier alpha value is -6.68. The molecule has 7 rings (SSSR count). The first-order valence-corrected chi connectivity index (χ1v) is 18.0. The summed E-state index contributed by atoms with van der Waals surface area (Å²) in [6.45, 7) is 3.88. The number of carbonyl (C=O) groups is 4. The molecule has 10 heteroatoms. The van der Waals surface area contributed by atoms with Crippen LogP contribution in [0.5, 0.6) is 28.7 Å². The summed E-state index contributed by atoms with van der Waals surface area (Å²) in [5, 5.41) is 0. The van der Waals surface area contributed by atoms with Gasteiger partial charge in [0.05, 0.1) is 12.8 Å². The fourth-order valence-corrected chi connectivity index (χ4v) is 7.32. The Morgan fingerprint density at radius 1 is 0.545 bits per heavy atom. The van der Waals surface area contributed by atoms with Crippen molar-refractivity contribution in [1.82, 2.24) is 0 Å². The van der Waals surface area contributed by atoms with Gasteiger partial charge in [0.15, 0.2) is 0 Å². The molecular formula is C45H39NO9. The second-order valence-electron chi connectivity index (χ2n) is 13.6. The lowest BCUT2D eigenvalue weighted by Gasteiger charge is -2.38. The Morgan fingerprint density at radius 2 is 0.982 bits per heavy atom. The van der Waals surface area contributed by atoms with Crippen molar-refractivity contribution in [3.05, 3.63) is 144 Å². The number of nitrogens with zero attached hydrogens (tertiary/aromatic N) is 1. The highest BCUT2D eigenvalue weighted by Crippen LogP contribution is 2.45. The lowest BCUT2D eigenvalue weighted by Crippen LogP contribution is -2.30. The van der Waals surface area contributed by atoms with Gasteiger partial charge in [0, 0.05) is 17.6 Å². The number of imide groups is 1. The van der Waals surface area contributed by atoms with Gasteiger partial charge in [-0.3, -0.25) is 9.59 Å². The standard InChI is InChI=1S/C45H39NO9/c1-29-27-31(7-21-39(29)51-3)32-8-22-40(30(2)28-32)55-44(50)54-37-17-11-34(12-18-37)45(25-5-4-6-26-45)33-9-15-36(16-10-33)52-43(49)53-38-19-13-35(14-20-38)46-41(47)23-24-42(46)48/h7-24,27-28H,4-6,25-26H2,1-3H3. The highest BCUT2D eigenvalue weighted by atomic mass is 16.7. The van der Waals surface area contributed by atoms with Gasteiger partial charge in [-0.15, -0.1) is 0 Å². The van der Waals surface area contributed by atoms with E-state index in [4.69, 9.17) is 23.7 Å². The van der Waals surface area contributed by atoms with Gasteiger partial charge in [-0.2, -0.15) is 0 Å². The summed E-state index contributed by atoms with van der Waals surface area (Å²) in [5.41, 5.74) is 6.13. The van der Waals surface area contributed by atoms with E-state index in [1.165, 1.54) is 36.4 Å². The minimum atomic E-state index is -0.923. The zero-order valence-corrected chi connectivity index (χ0v) is 30.7. The van der Waals surface area contributed by atoms with Crippen molar-refractivity contribution in [3.8, 4) is 39.9 Å². The average molecular weight is 738 g/mol. The summed E-state index contributed by atoms with van der Waals surface area (Å²) in [4.78, 5) is 50.3. The van der Waals surface area contributed by atoms with Crippen LogP contribution < -0.4 is 28.6 Å². The molecule has 55 heavy (non-hydrogen) atoms.